The topological polar surface area (TPSA) is 41.5 Å². The molecular formula is C14H23NO2. The molecule has 0 saturated carbocycles. The van der Waals surface area contributed by atoms with Crippen molar-refractivity contribution in [2.24, 2.45) is 0 Å². The summed E-state index contributed by atoms with van der Waals surface area (Å²) in [5, 5.41) is 12.1. The second-order valence-corrected chi connectivity index (χ2v) is 4.28. The van der Waals surface area contributed by atoms with E-state index >= 15 is 0 Å². The molecule has 0 radical (unpaired) electrons. The molecule has 0 aliphatic rings. The van der Waals surface area contributed by atoms with Gasteiger partial charge in [-0.1, -0.05) is 19.1 Å². The van der Waals surface area contributed by atoms with E-state index in [-0.39, 0.29) is 6.61 Å². The Morgan fingerprint density at radius 2 is 2.00 bits per heavy atom. The predicted molar refractivity (Wildman–Crippen MR) is 70.5 cm³/mol. The Morgan fingerprint density at radius 3 is 2.59 bits per heavy atom. The number of hydrogen-bond acceptors (Lipinski definition) is 3. The lowest BCUT2D eigenvalue weighted by molar-refractivity contribution is 0.201. The second kappa shape index (κ2) is 8.09. The summed E-state index contributed by atoms with van der Waals surface area (Å²) in [6.45, 7) is 5.85. The van der Waals surface area contributed by atoms with Gasteiger partial charge in [-0.3, -0.25) is 0 Å². The summed E-state index contributed by atoms with van der Waals surface area (Å²) in [4.78, 5) is 0. The molecule has 0 fully saturated rings. The molecule has 0 aliphatic carbocycles. The van der Waals surface area contributed by atoms with Gasteiger partial charge in [-0.25, -0.2) is 0 Å². The SMILES string of the molecule is CCCNC(C)Cc1ccc(OCCO)cc1. The first-order chi connectivity index (χ1) is 8.26. The van der Waals surface area contributed by atoms with E-state index in [1.54, 1.807) is 0 Å². The largest absolute Gasteiger partial charge is 0.491 e. The van der Waals surface area contributed by atoms with E-state index in [1.807, 2.05) is 12.1 Å². The monoisotopic (exact) mass is 237 g/mol. The summed E-state index contributed by atoms with van der Waals surface area (Å²) in [7, 11) is 0. The normalized spacial score (nSPS) is 12.4. The van der Waals surface area contributed by atoms with E-state index in [4.69, 9.17) is 9.84 Å². The van der Waals surface area contributed by atoms with Crippen molar-refractivity contribution in [2.75, 3.05) is 19.8 Å². The first-order valence-corrected chi connectivity index (χ1v) is 6.32. The first kappa shape index (κ1) is 14.0. The lowest BCUT2D eigenvalue weighted by Gasteiger charge is -2.13. The van der Waals surface area contributed by atoms with Gasteiger partial charge in [0.25, 0.3) is 0 Å². The molecular weight excluding hydrogens is 214 g/mol. The third-order valence-corrected chi connectivity index (χ3v) is 2.57. The maximum atomic E-state index is 8.65. The van der Waals surface area contributed by atoms with Gasteiger partial charge in [0.15, 0.2) is 0 Å². The van der Waals surface area contributed by atoms with Crippen molar-refractivity contribution in [1.29, 1.82) is 0 Å². The molecule has 0 heterocycles. The zero-order valence-electron chi connectivity index (χ0n) is 10.8. The number of aliphatic hydroxyl groups is 1. The summed E-state index contributed by atoms with van der Waals surface area (Å²) < 4.78 is 5.31. The van der Waals surface area contributed by atoms with Gasteiger partial charge < -0.3 is 15.2 Å². The van der Waals surface area contributed by atoms with Crippen LogP contribution in [0.3, 0.4) is 0 Å². The Hall–Kier alpha value is -1.06. The highest BCUT2D eigenvalue weighted by Crippen LogP contribution is 2.13. The predicted octanol–water partition coefficient (Wildman–Crippen LogP) is 1.99. The first-order valence-electron chi connectivity index (χ1n) is 6.32. The van der Waals surface area contributed by atoms with Crippen LogP contribution in [0.15, 0.2) is 24.3 Å². The van der Waals surface area contributed by atoms with Gasteiger partial charge in [0.05, 0.1) is 6.61 Å². The molecule has 3 nitrogen and oxygen atoms in total. The van der Waals surface area contributed by atoms with Gasteiger partial charge in [0, 0.05) is 6.04 Å². The van der Waals surface area contributed by atoms with Gasteiger partial charge in [0.1, 0.15) is 12.4 Å². The van der Waals surface area contributed by atoms with Crippen LogP contribution in [0.5, 0.6) is 5.75 Å². The van der Waals surface area contributed by atoms with E-state index in [2.05, 4.69) is 31.3 Å². The highest BCUT2D eigenvalue weighted by molar-refractivity contribution is 5.27. The average Bonchev–Trinajstić information content (AvgIpc) is 2.35. The minimum atomic E-state index is 0.0553. The van der Waals surface area contributed by atoms with Crippen LogP contribution in [0.1, 0.15) is 25.8 Å². The minimum absolute atomic E-state index is 0.0553. The molecule has 1 unspecified atom stereocenters. The minimum Gasteiger partial charge on any atom is -0.491 e. The molecule has 2 N–H and O–H groups in total. The Kier molecular flexibility index (Phi) is 6.67. The molecule has 0 bridgehead atoms. The lowest BCUT2D eigenvalue weighted by Crippen LogP contribution is -2.28. The van der Waals surface area contributed by atoms with Crippen molar-refractivity contribution in [3.8, 4) is 5.75 Å². The van der Waals surface area contributed by atoms with Crippen LogP contribution in [-0.4, -0.2) is 30.9 Å². The molecule has 1 aromatic carbocycles. The number of ether oxygens (including phenoxy) is 1. The molecule has 1 atom stereocenters. The highest BCUT2D eigenvalue weighted by atomic mass is 16.5. The maximum Gasteiger partial charge on any atom is 0.119 e. The van der Waals surface area contributed by atoms with Crippen LogP contribution in [0, 0.1) is 0 Å². The van der Waals surface area contributed by atoms with Crippen LogP contribution in [0.2, 0.25) is 0 Å². The molecule has 0 spiro atoms. The quantitative estimate of drug-likeness (QED) is 0.726. The molecule has 1 aromatic rings. The Morgan fingerprint density at radius 1 is 1.29 bits per heavy atom. The van der Waals surface area contributed by atoms with Crippen molar-refractivity contribution < 1.29 is 9.84 Å². The van der Waals surface area contributed by atoms with E-state index in [1.165, 1.54) is 5.56 Å². The Bertz CT molecular complexity index is 298. The summed E-state index contributed by atoms with van der Waals surface area (Å²) in [6, 6.07) is 8.57. The van der Waals surface area contributed by atoms with E-state index in [0.29, 0.717) is 12.6 Å². The molecule has 0 saturated heterocycles. The fourth-order valence-corrected chi connectivity index (χ4v) is 1.70. The van der Waals surface area contributed by atoms with Crippen LogP contribution in [-0.2, 0) is 6.42 Å². The van der Waals surface area contributed by atoms with Crippen molar-refractivity contribution in [2.45, 2.75) is 32.7 Å². The number of benzene rings is 1. The molecule has 0 amide bonds. The summed E-state index contributed by atoms with van der Waals surface area (Å²) >= 11 is 0. The third-order valence-electron chi connectivity index (χ3n) is 2.57. The zero-order valence-corrected chi connectivity index (χ0v) is 10.8. The van der Waals surface area contributed by atoms with Gasteiger partial charge in [0.2, 0.25) is 0 Å². The molecule has 0 aromatic heterocycles. The zero-order chi connectivity index (χ0) is 12.5. The average molecular weight is 237 g/mol. The number of aliphatic hydroxyl groups excluding tert-OH is 1. The highest BCUT2D eigenvalue weighted by Gasteiger charge is 2.02. The molecule has 96 valence electrons. The van der Waals surface area contributed by atoms with Crippen molar-refractivity contribution >= 4 is 0 Å². The van der Waals surface area contributed by atoms with E-state index < -0.39 is 0 Å². The molecule has 17 heavy (non-hydrogen) atoms. The fraction of sp³-hybridized carbons (Fsp3) is 0.571. The summed E-state index contributed by atoms with van der Waals surface area (Å²) in [6.07, 6.45) is 2.19. The van der Waals surface area contributed by atoms with Gasteiger partial charge in [-0.2, -0.15) is 0 Å². The number of hydrogen-bond donors (Lipinski definition) is 2. The van der Waals surface area contributed by atoms with Gasteiger partial charge in [-0.05, 0) is 44.0 Å². The standard InChI is InChI=1S/C14H23NO2/c1-3-8-15-12(2)11-13-4-6-14(7-5-13)17-10-9-16/h4-7,12,15-16H,3,8-11H2,1-2H3. The fourth-order valence-electron chi connectivity index (χ4n) is 1.70. The smallest absolute Gasteiger partial charge is 0.119 e. The van der Waals surface area contributed by atoms with Crippen molar-refractivity contribution in [3.63, 3.8) is 0 Å². The van der Waals surface area contributed by atoms with Crippen LogP contribution >= 0.6 is 0 Å². The summed E-state index contributed by atoms with van der Waals surface area (Å²) in [5.41, 5.74) is 1.30. The van der Waals surface area contributed by atoms with Crippen LogP contribution in [0.4, 0.5) is 0 Å². The number of nitrogens with one attached hydrogen (secondary N) is 1. The van der Waals surface area contributed by atoms with Crippen LogP contribution < -0.4 is 10.1 Å². The second-order valence-electron chi connectivity index (χ2n) is 4.28. The van der Waals surface area contributed by atoms with Crippen molar-refractivity contribution in [1.82, 2.24) is 5.32 Å². The number of rotatable bonds is 8. The van der Waals surface area contributed by atoms with Crippen LogP contribution in [0.25, 0.3) is 0 Å². The van der Waals surface area contributed by atoms with Crippen molar-refractivity contribution in [3.05, 3.63) is 29.8 Å². The maximum absolute atomic E-state index is 8.65. The van der Waals surface area contributed by atoms with E-state index in [0.717, 1.165) is 25.1 Å². The molecule has 0 aliphatic heterocycles. The molecule has 3 heteroatoms. The van der Waals surface area contributed by atoms with Gasteiger partial charge in [-0.15, -0.1) is 0 Å². The Labute approximate surface area is 104 Å². The van der Waals surface area contributed by atoms with E-state index in [9.17, 15) is 0 Å². The molecule has 1 rings (SSSR count). The Balaban J connectivity index is 2.39. The summed E-state index contributed by atoms with van der Waals surface area (Å²) in [5.74, 6) is 0.817. The van der Waals surface area contributed by atoms with Gasteiger partial charge >= 0.3 is 0 Å². The third kappa shape index (κ3) is 5.71. The lowest BCUT2D eigenvalue weighted by atomic mass is 10.1.